The van der Waals surface area contributed by atoms with Crippen LogP contribution in [0.1, 0.15) is 12.5 Å². The van der Waals surface area contributed by atoms with Crippen molar-refractivity contribution in [1.29, 1.82) is 0 Å². The second-order valence-electron chi connectivity index (χ2n) is 4.93. The number of phenols is 1. The van der Waals surface area contributed by atoms with Crippen LogP contribution in [0.25, 0.3) is 11.4 Å². The fourth-order valence-corrected chi connectivity index (χ4v) is 2.36. The van der Waals surface area contributed by atoms with E-state index in [0.717, 1.165) is 11.1 Å². The molecule has 6 nitrogen and oxygen atoms in total. The molecule has 1 aromatic heterocycles. The molecule has 2 aromatic carbocycles. The molecule has 0 aliphatic rings. The topological polar surface area (TPSA) is 75.4 Å². The maximum atomic E-state index is 9.75. The molecule has 3 rings (SSSR count). The zero-order valence-electron chi connectivity index (χ0n) is 13.0. The van der Waals surface area contributed by atoms with Crippen LogP contribution in [0.5, 0.6) is 11.5 Å². The van der Waals surface area contributed by atoms with Gasteiger partial charge in [-0.15, -0.1) is 0 Å². The summed E-state index contributed by atoms with van der Waals surface area (Å²) in [5.74, 6) is 1.14. The zero-order chi connectivity index (χ0) is 16.9. The van der Waals surface area contributed by atoms with E-state index in [0.29, 0.717) is 23.0 Å². The lowest BCUT2D eigenvalue weighted by Gasteiger charge is -2.06. The molecule has 0 unspecified atom stereocenters. The number of H-pyrrole nitrogens is 1. The Morgan fingerprint density at radius 2 is 2.08 bits per heavy atom. The molecule has 7 heteroatoms. The van der Waals surface area contributed by atoms with Crippen molar-refractivity contribution in [3.63, 3.8) is 0 Å². The van der Waals surface area contributed by atoms with Crippen LogP contribution < -0.4 is 4.74 Å². The molecule has 0 atom stereocenters. The van der Waals surface area contributed by atoms with Crippen molar-refractivity contribution in [3.8, 4) is 22.9 Å². The van der Waals surface area contributed by atoms with Crippen molar-refractivity contribution < 1.29 is 9.84 Å². The third kappa shape index (κ3) is 3.36. The molecule has 0 aliphatic carbocycles. The van der Waals surface area contributed by atoms with Crippen LogP contribution in [-0.2, 0) is 0 Å². The van der Waals surface area contributed by atoms with Gasteiger partial charge >= 0.3 is 0 Å². The molecule has 0 amide bonds. The number of phenolic OH excluding ortho intramolecular Hbond substituents is 1. The first-order valence-electron chi connectivity index (χ1n) is 7.42. The summed E-state index contributed by atoms with van der Waals surface area (Å²) in [5, 5.41) is 21.1. The van der Waals surface area contributed by atoms with Crippen LogP contribution in [0.15, 0.2) is 53.6 Å². The Morgan fingerprint density at radius 1 is 1.29 bits per heavy atom. The molecule has 0 saturated carbocycles. The fraction of sp³-hybridized carbons (Fsp3) is 0.118. The summed E-state index contributed by atoms with van der Waals surface area (Å²) in [6, 6.07) is 14.7. The molecule has 0 spiro atoms. The van der Waals surface area contributed by atoms with E-state index in [4.69, 9.17) is 17.0 Å². The molecule has 0 fully saturated rings. The van der Waals surface area contributed by atoms with Crippen LogP contribution in [0.3, 0.4) is 0 Å². The van der Waals surface area contributed by atoms with E-state index in [-0.39, 0.29) is 5.75 Å². The van der Waals surface area contributed by atoms with Crippen molar-refractivity contribution in [2.75, 3.05) is 6.61 Å². The summed E-state index contributed by atoms with van der Waals surface area (Å²) in [5.41, 5.74) is 1.68. The summed E-state index contributed by atoms with van der Waals surface area (Å²) < 4.78 is 7.32. The Balaban J connectivity index is 1.95. The lowest BCUT2D eigenvalue weighted by Crippen LogP contribution is -1.96. The number of aromatic hydroxyl groups is 1. The van der Waals surface area contributed by atoms with Crippen LogP contribution in [-0.4, -0.2) is 32.8 Å². The second kappa shape index (κ2) is 7.10. The fourth-order valence-electron chi connectivity index (χ4n) is 2.18. The molecule has 24 heavy (non-hydrogen) atoms. The average Bonchev–Trinajstić information content (AvgIpc) is 2.97. The summed E-state index contributed by atoms with van der Waals surface area (Å²) in [6.45, 7) is 2.33. The van der Waals surface area contributed by atoms with Gasteiger partial charge in [0.15, 0.2) is 17.3 Å². The number of hydrogen-bond donors (Lipinski definition) is 2. The summed E-state index contributed by atoms with van der Waals surface area (Å²) in [6.07, 6.45) is 1.64. The van der Waals surface area contributed by atoms with Gasteiger partial charge in [0.05, 0.1) is 12.8 Å². The minimum Gasteiger partial charge on any atom is -0.504 e. The molecule has 3 aromatic rings. The Labute approximate surface area is 144 Å². The molecule has 122 valence electrons. The molecule has 2 N–H and O–H groups in total. The third-order valence-corrected chi connectivity index (χ3v) is 3.55. The first kappa shape index (κ1) is 15.9. The molecular formula is C17H16N4O2S. The van der Waals surface area contributed by atoms with Crippen molar-refractivity contribution in [3.05, 3.63) is 58.9 Å². The smallest absolute Gasteiger partial charge is 0.216 e. The lowest BCUT2D eigenvalue weighted by atomic mass is 10.2. The van der Waals surface area contributed by atoms with Crippen molar-refractivity contribution in [1.82, 2.24) is 14.9 Å². The van der Waals surface area contributed by atoms with Gasteiger partial charge in [0.25, 0.3) is 0 Å². The van der Waals surface area contributed by atoms with E-state index in [9.17, 15) is 5.11 Å². The van der Waals surface area contributed by atoms with Crippen LogP contribution >= 0.6 is 12.2 Å². The number of rotatable bonds is 5. The largest absolute Gasteiger partial charge is 0.504 e. The first-order chi connectivity index (χ1) is 11.7. The molecular weight excluding hydrogens is 324 g/mol. The highest BCUT2D eigenvalue weighted by Crippen LogP contribution is 2.26. The van der Waals surface area contributed by atoms with Gasteiger partial charge in [-0.2, -0.15) is 14.9 Å². The Morgan fingerprint density at radius 3 is 2.83 bits per heavy atom. The second-order valence-corrected chi connectivity index (χ2v) is 5.32. The van der Waals surface area contributed by atoms with Crippen LogP contribution in [0.4, 0.5) is 0 Å². The Bertz CT molecular complexity index is 916. The van der Waals surface area contributed by atoms with E-state index < -0.39 is 0 Å². The summed E-state index contributed by atoms with van der Waals surface area (Å²) in [4.78, 5) is 0. The SMILES string of the molecule is CCOc1cc(/C=N\n2c(-c3ccccc3)n[nH]c2=S)ccc1O. The molecule has 0 aliphatic heterocycles. The van der Waals surface area contributed by atoms with Gasteiger partial charge in [0, 0.05) is 5.56 Å². The van der Waals surface area contributed by atoms with Gasteiger partial charge in [0.1, 0.15) is 0 Å². The van der Waals surface area contributed by atoms with Crippen molar-refractivity contribution in [2.45, 2.75) is 6.92 Å². The van der Waals surface area contributed by atoms with E-state index in [1.807, 2.05) is 37.3 Å². The predicted molar refractivity (Wildman–Crippen MR) is 95.1 cm³/mol. The molecule has 1 heterocycles. The monoisotopic (exact) mass is 340 g/mol. The van der Waals surface area contributed by atoms with Gasteiger partial charge in [0.2, 0.25) is 4.77 Å². The van der Waals surface area contributed by atoms with Gasteiger partial charge in [-0.05, 0) is 42.9 Å². The number of nitrogens with zero attached hydrogens (tertiary/aromatic N) is 3. The maximum Gasteiger partial charge on any atom is 0.216 e. The van der Waals surface area contributed by atoms with E-state index >= 15 is 0 Å². The molecule has 0 radical (unpaired) electrons. The molecule has 0 bridgehead atoms. The maximum absolute atomic E-state index is 9.75. The van der Waals surface area contributed by atoms with Crippen molar-refractivity contribution >= 4 is 18.4 Å². The van der Waals surface area contributed by atoms with E-state index in [1.54, 1.807) is 29.1 Å². The van der Waals surface area contributed by atoms with Crippen LogP contribution in [0, 0.1) is 4.77 Å². The Kier molecular flexibility index (Phi) is 4.72. The minimum atomic E-state index is 0.0962. The quantitative estimate of drug-likeness (QED) is 0.550. The number of nitrogens with one attached hydrogen (secondary N) is 1. The first-order valence-corrected chi connectivity index (χ1v) is 7.83. The number of aromatic nitrogens is 3. The molecule has 0 saturated heterocycles. The zero-order valence-corrected chi connectivity index (χ0v) is 13.8. The Hall–Kier alpha value is -2.93. The predicted octanol–water partition coefficient (Wildman–Crippen LogP) is 3.59. The van der Waals surface area contributed by atoms with Gasteiger partial charge in [-0.25, -0.2) is 5.10 Å². The number of benzene rings is 2. The average molecular weight is 340 g/mol. The number of aromatic amines is 1. The van der Waals surface area contributed by atoms with Gasteiger partial charge in [-0.1, -0.05) is 30.3 Å². The van der Waals surface area contributed by atoms with Gasteiger partial charge in [-0.3, -0.25) is 0 Å². The van der Waals surface area contributed by atoms with Crippen molar-refractivity contribution in [2.24, 2.45) is 5.10 Å². The highest BCUT2D eigenvalue weighted by Gasteiger charge is 2.07. The lowest BCUT2D eigenvalue weighted by molar-refractivity contribution is 0.318. The van der Waals surface area contributed by atoms with Gasteiger partial charge < -0.3 is 9.84 Å². The number of hydrogen-bond acceptors (Lipinski definition) is 5. The highest BCUT2D eigenvalue weighted by atomic mass is 32.1. The van der Waals surface area contributed by atoms with E-state index in [1.165, 1.54) is 0 Å². The minimum absolute atomic E-state index is 0.0962. The third-order valence-electron chi connectivity index (χ3n) is 3.29. The van der Waals surface area contributed by atoms with Crippen LogP contribution in [0.2, 0.25) is 0 Å². The number of ether oxygens (including phenoxy) is 1. The standard InChI is InChI=1S/C17H16N4O2S/c1-2-23-15-10-12(8-9-14(15)22)11-18-21-16(19-20-17(21)24)13-6-4-3-5-7-13/h3-11,22H,2H2,1H3,(H,20,24)/b18-11-. The van der Waals surface area contributed by atoms with E-state index in [2.05, 4.69) is 15.3 Å². The summed E-state index contributed by atoms with van der Waals surface area (Å²) in [7, 11) is 0. The normalized spacial score (nSPS) is 11.0. The summed E-state index contributed by atoms with van der Waals surface area (Å²) >= 11 is 5.24. The highest BCUT2D eigenvalue weighted by molar-refractivity contribution is 7.71.